The van der Waals surface area contributed by atoms with Gasteiger partial charge in [0.25, 0.3) is 0 Å². The maximum atomic E-state index is 12.1. The van der Waals surface area contributed by atoms with Crippen LogP contribution in [0.4, 0.5) is 0 Å². The van der Waals surface area contributed by atoms with Crippen LogP contribution in [0.25, 0.3) is 0 Å². The molecule has 1 saturated carbocycles. The highest BCUT2D eigenvalue weighted by Crippen LogP contribution is 2.43. The average molecular weight is 388 g/mol. The zero-order chi connectivity index (χ0) is 14.7. The molecule has 1 heterocycles. The topological polar surface area (TPSA) is 41.1 Å². The molecule has 1 amide bonds. The quantitative estimate of drug-likeness (QED) is 0.811. The van der Waals surface area contributed by atoms with E-state index in [2.05, 4.69) is 50.8 Å². The van der Waals surface area contributed by atoms with E-state index >= 15 is 0 Å². The summed E-state index contributed by atoms with van der Waals surface area (Å²) in [7, 11) is 0. The van der Waals surface area contributed by atoms with Crippen molar-refractivity contribution in [1.82, 2.24) is 10.6 Å². The van der Waals surface area contributed by atoms with Gasteiger partial charge in [-0.2, -0.15) is 0 Å². The maximum Gasteiger partial charge on any atom is 0.221 e. The second kappa shape index (κ2) is 7.80. The molecule has 2 N–H and O–H groups in total. The molecule has 1 saturated heterocycles. The molecule has 1 unspecified atom stereocenters. The van der Waals surface area contributed by atoms with Crippen molar-refractivity contribution in [2.75, 3.05) is 13.1 Å². The molecule has 5 heteroatoms. The molecule has 1 aromatic rings. The largest absolute Gasteiger partial charge is 0.355 e. The summed E-state index contributed by atoms with van der Waals surface area (Å²) in [6, 6.07) is 8.91. The van der Waals surface area contributed by atoms with E-state index < -0.39 is 0 Å². The van der Waals surface area contributed by atoms with Crippen LogP contribution in [0.5, 0.6) is 0 Å². The lowest BCUT2D eigenvalue weighted by Crippen LogP contribution is -2.46. The Bertz CT molecular complexity index is 513. The van der Waals surface area contributed by atoms with E-state index in [1.54, 1.807) is 0 Å². The van der Waals surface area contributed by atoms with E-state index in [0.717, 1.165) is 24.0 Å². The Hall–Kier alpha value is -0.580. The fourth-order valence-corrected chi connectivity index (χ4v) is 3.88. The van der Waals surface area contributed by atoms with Crippen LogP contribution in [0.2, 0.25) is 0 Å². The van der Waals surface area contributed by atoms with E-state index in [0.29, 0.717) is 12.5 Å². The van der Waals surface area contributed by atoms with E-state index in [1.165, 1.54) is 31.2 Å². The van der Waals surface area contributed by atoms with Gasteiger partial charge in [0.1, 0.15) is 0 Å². The zero-order valence-corrected chi connectivity index (χ0v) is 15.1. The van der Waals surface area contributed by atoms with Gasteiger partial charge in [-0.1, -0.05) is 34.5 Å². The fourth-order valence-electron chi connectivity index (χ4n) is 3.48. The molecule has 1 aliphatic heterocycles. The molecule has 3 nitrogen and oxygen atoms in total. The molecule has 1 aliphatic carbocycles. The van der Waals surface area contributed by atoms with E-state index in [-0.39, 0.29) is 23.7 Å². The van der Waals surface area contributed by atoms with Gasteiger partial charge >= 0.3 is 0 Å². The Balaban J connectivity index is 0.00000176. The highest BCUT2D eigenvalue weighted by molar-refractivity contribution is 9.10. The number of halogens is 2. The first-order valence-electron chi connectivity index (χ1n) is 7.94. The van der Waals surface area contributed by atoms with Crippen LogP contribution >= 0.6 is 28.3 Å². The predicted octanol–water partition coefficient (Wildman–Crippen LogP) is 3.55. The molecule has 22 heavy (non-hydrogen) atoms. The van der Waals surface area contributed by atoms with Gasteiger partial charge in [-0.25, -0.2) is 0 Å². The molecule has 0 aromatic heterocycles. The van der Waals surface area contributed by atoms with Crippen LogP contribution in [0.1, 0.15) is 44.1 Å². The van der Waals surface area contributed by atoms with E-state index in [9.17, 15) is 4.79 Å². The Morgan fingerprint density at radius 1 is 1.36 bits per heavy atom. The van der Waals surface area contributed by atoms with Gasteiger partial charge in [0, 0.05) is 28.9 Å². The summed E-state index contributed by atoms with van der Waals surface area (Å²) in [6.07, 6.45) is 6.54. The number of hydrogen-bond acceptors (Lipinski definition) is 2. The number of carbonyl (C=O) groups excluding carboxylic acids is 1. The molecular formula is C17H24BrClN2O. The third-order valence-electron chi connectivity index (χ3n) is 4.97. The summed E-state index contributed by atoms with van der Waals surface area (Å²) in [6.45, 7) is 1.83. The molecule has 0 bridgehead atoms. The van der Waals surface area contributed by atoms with Crippen LogP contribution in [0.15, 0.2) is 28.7 Å². The Morgan fingerprint density at radius 3 is 2.77 bits per heavy atom. The van der Waals surface area contributed by atoms with Crippen molar-refractivity contribution in [2.45, 2.75) is 50.0 Å². The normalized spacial score (nSPS) is 22.5. The molecular weight excluding hydrogens is 364 g/mol. The number of carbonyl (C=O) groups is 1. The molecule has 0 spiro atoms. The third-order valence-corrected chi connectivity index (χ3v) is 5.46. The molecule has 0 radical (unpaired) electrons. The fraction of sp³-hybridized carbons (Fsp3) is 0.588. The Morgan fingerprint density at radius 2 is 2.18 bits per heavy atom. The second-order valence-electron chi connectivity index (χ2n) is 6.42. The number of nitrogens with one attached hydrogen (secondary N) is 2. The number of hydrogen-bond donors (Lipinski definition) is 2. The highest BCUT2D eigenvalue weighted by Gasteiger charge is 2.39. The van der Waals surface area contributed by atoms with E-state index in [4.69, 9.17) is 0 Å². The summed E-state index contributed by atoms with van der Waals surface area (Å²) in [5.41, 5.74) is 1.50. The van der Waals surface area contributed by atoms with Gasteiger partial charge < -0.3 is 10.6 Å². The maximum absolute atomic E-state index is 12.1. The van der Waals surface area contributed by atoms with Crippen molar-refractivity contribution >= 4 is 34.2 Å². The first kappa shape index (κ1) is 17.8. The minimum atomic E-state index is 0. The van der Waals surface area contributed by atoms with Crippen molar-refractivity contribution in [3.05, 3.63) is 34.3 Å². The predicted molar refractivity (Wildman–Crippen MR) is 95.6 cm³/mol. The van der Waals surface area contributed by atoms with Gasteiger partial charge in [-0.15, -0.1) is 12.4 Å². The minimum absolute atomic E-state index is 0. The molecule has 1 aromatic carbocycles. The van der Waals surface area contributed by atoms with Crippen molar-refractivity contribution in [1.29, 1.82) is 0 Å². The summed E-state index contributed by atoms with van der Waals surface area (Å²) in [5.74, 6) is 0.190. The summed E-state index contributed by atoms with van der Waals surface area (Å²) < 4.78 is 1.12. The van der Waals surface area contributed by atoms with Gasteiger partial charge in [-0.3, -0.25) is 4.79 Å². The summed E-state index contributed by atoms with van der Waals surface area (Å²) in [4.78, 5) is 12.1. The van der Waals surface area contributed by atoms with Crippen molar-refractivity contribution in [2.24, 2.45) is 0 Å². The number of rotatable bonds is 5. The van der Waals surface area contributed by atoms with Gasteiger partial charge in [0.2, 0.25) is 5.91 Å². The van der Waals surface area contributed by atoms with Gasteiger partial charge in [-0.05, 0) is 49.9 Å². The Labute approximate surface area is 147 Å². The number of benzene rings is 1. The SMILES string of the molecule is Cl.O=C(CC1CCCN1)NCC1(c2cccc(Br)c2)CCC1. The van der Waals surface area contributed by atoms with Crippen LogP contribution in [-0.2, 0) is 10.2 Å². The van der Waals surface area contributed by atoms with Crippen molar-refractivity contribution in [3.63, 3.8) is 0 Å². The monoisotopic (exact) mass is 386 g/mol. The lowest BCUT2D eigenvalue weighted by molar-refractivity contribution is -0.122. The second-order valence-corrected chi connectivity index (χ2v) is 7.33. The minimum Gasteiger partial charge on any atom is -0.355 e. The van der Waals surface area contributed by atoms with Crippen molar-refractivity contribution in [3.8, 4) is 0 Å². The lowest BCUT2D eigenvalue weighted by atomic mass is 9.64. The van der Waals surface area contributed by atoms with Gasteiger partial charge in [0.15, 0.2) is 0 Å². The first-order chi connectivity index (χ1) is 10.2. The molecule has 3 rings (SSSR count). The Kier molecular flexibility index (Phi) is 6.30. The molecule has 2 aliphatic rings. The zero-order valence-electron chi connectivity index (χ0n) is 12.7. The van der Waals surface area contributed by atoms with Crippen LogP contribution < -0.4 is 10.6 Å². The van der Waals surface area contributed by atoms with Crippen LogP contribution in [-0.4, -0.2) is 25.0 Å². The third kappa shape index (κ3) is 4.03. The van der Waals surface area contributed by atoms with Crippen LogP contribution in [0.3, 0.4) is 0 Å². The van der Waals surface area contributed by atoms with E-state index in [1.807, 2.05) is 0 Å². The van der Waals surface area contributed by atoms with Crippen molar-refractivity contribution < 1.29 is 4.79 Å². The highest BCUT2D eigenvalue weighted by atomic mass is 79.9. The van der Waals surface area contributed by atoms with Gasteiger partial charge in [0.05, 0.1) is 0 Å². The summed E-state index contributed by atoms with van der Waals surface area (Å²) in [5, 5.41) is 6.56. The number of amides is 1. The summed E-state index contributed by atoms with van der Waals surface area (Å²) >= 11 is 3.55. The van der Waals surface area contributed by atoms with Crippen LogP contribution in [0, 0.1) is 0 Å². The molecule has 122 valence electrons. The average Bonchev–Trinajstić information content (AvgIpc) is 2.90. The molecule has 1 atom stereocenters. The standard InChI is InChI=1S/C17H23BrN2O.ClH/c18-14-5-1-4-13(10-14)17(7-3-8-17)12-20-16(21)11-15-6-2-9-19-15;/h1,4-5,10,15,19H,2-3,6-9,11-12H2,(H,20,21);1H. The first-order valence-corrected chi connectivity index (χ1v) is 8.73. The smallest absolute Gasteiger partial charge is 0.221 e. The molecule has 2 fully saturated rings. The lowest BCUT2D eigenvalue weighted by Gasteiger charge is -2.42.